The number of hydrazine groups is 1. The van der Waals surface area contributed by atoms with Crippen molar-refractivity contribution in [1.29, 1.82) is 0 Å². The Kier molecular flexibility index (Phi) is 3.73. The molecule has 2 aliphatic rings. The molecule has 2 unspecified atom stereocenters. The van der Waals surface area contributed by atoms with E-state index >= 15 is 0 Å². The first-order valence-corrected chi connectivity index (χ1v) is 7.17. The summed E-state index contributed by atoms with van der Waals surface area (Å²) in [6.45, 7) is 3.52. The number of ether oxygens (including phenoxy) is 2. The van der Waals surface area contributed by atoms with Gasteiger partial charge >= 0.3 is 0 Å². The molecule has 1 saturated carbocycles. The van der Waals surface area contributed by atoms with E-state index < -0.39 is 0 Å². The summed E-state index contributed by atoms with van der Waals surface area (Å²) in [5.74, 6) is 7.44. The summed E-state index contributed by atoms with van der Waals surface area (Å²) in [5.41, 5.74) is 5.37. The number of benzene rings is 1. The fourth-order valence-electron chi connectivity index (χ4n) is 2.97. The average Bonchev–Trinajstić information content (AvgIpc) is 3.15. The van der Waals surface area contributed by atoms with Crippen molar-refractivity contribution in [3.05, 3.63) is 29.3 Å². The van der Waals surface area contributed by atoms with Gasteiger partial charge in [0.2, 0.25) is 0 Å². The minimum Gasteiger partial charge on any atom is -0.493 e. The topological polar surface area (TPSA) is 56.5 Å². The van der Waals surface area contributed by atoms with Crippen molar-refractivity contribution in [1.82, 2.24) is 5.43 Å². The maximum absolute atomic E-state index is 5.94. The summed E-state index contributed by atoms with van der Waals surface area (Å²) in [5, 5.41) is 0. The molecule has 1 aromatic rings. The Hall–Kier alpha value is -1.10. The zero-order chi connectivity index (χ0) is 13.2. The molecule has 3 N–H and O–H groups in total. The summed E-state index contributed by atoms with van der Waals surface area (Å²) < 4.78 is 11.7. The van der Waals surface area contributed by atoms with Gasteiger partial charge in [0.1, 0.15) is 5.75 Å². The van der Waals surface area contributed by atoms with E-state index in [-0.39, 0.29) is 12.1 Å². The number of hydrogen-bond donors (Lipinski definition) is 2. The predicted molar refractivity (Wildman–Crippen MR) is 73.8 cm³/mol. The standard InChI is InChI=1S/C15H22N2O2/c1-2-18-15(11-6-7-11)13(17-16)12-5-3-4-10-8-9-19-14(10)12/h3-5,11,13,15,17H,2,6-9,16H2,1H3. The third-order valence-electron chi connectivity index (χ3n) is 4.03. The Morgan fingerprint density at radius 2 is 2.32 bits per heavy atom. The van der Waals surface area contributed by atoms with Crippen molar-refractivity contribution < 1.29 is 9.47 Å². The van der Waals surface area contributed by atoms with Crippen LogP contribution in [0.1, 0.15) is 36.9 Å². The summed E-state index contributed by atoms with van der Waals surface area (Å²) in [6.07, 6.45) is 3.60. The fraction of sp³-hybridized carbons (Fsp3) is 0.600. The minimum atomic E-state index is 0.0144. The second-order valence-electron chi connectivity index (χ2n) is 5.34. The van der Waals surface area contributed by atoms with Crippen LogP contribution in [0.15, 0.2) is 18.2 Å². The molecular weight excluding hydrogens is 240 g/mol. The summed E-state index contributed by atoms with van der Waals surface area (Å²) >= 11 is 0. The normalized spacial score (nSPS) is 20.7. The zero-order valence-corrected chi connectivity index (χ0v) is 11.4. The van der Waals surface area contributed by atoms with Crippen molar-refractivity contribution in [2.75, 3.05) is 13.2 Å². The van der Waals surface area contributed by atoms with Crippen LogP contribution in [0, 0.1) is 5.92 Å². The van der Waals surface area contributed by atoms with Crippen molar-refractivity contribution in [3.8, 4) is 5.75 Å². The molecule has 0 bridgehead atoms. The molecule has 3 rings (SSSR count). The second-order valence-corrected chi connectivity index (χ2v) is 5.34. The molecule has 1 heterocycles. The molecule has 4 nitrogen and oxygen atoms in total. The molecule has 4 heteroatoms. The minimum absolute atomic E-state index is 0.0144. The quantitative estimate of drug-likeness (QED) is 0.607. The Bertz CT molecular complexity index is 446. The number of nitrogens with one attached hydrogen (secondary N) is 1. The molecule has 1 aliphatic carbocycles. The van der Waals surface area contributed by atoms with Gasteiger partial charge in [0, 0.05) is 18.6 Å². The van der Waals surface area contributed by atoms with Crippen molar-refractivity contribution in [3.63, 3.8) is 0 Å². The molecule has 0 spiro atoms. The van der Waals surface area contributed by atoms with E-state index in [0.717, 1.165) is 30.9 Å². The molecule has 0 radical (unpaired) electrons. The molecule has 0 aromatic heterocycles. The Balaban J connectivity index is 1.91. The lowest BCUT2D eigenvalue weighted by Gasteiger charge is -2.28. The highest BCUT2D eigenvalue weighted by Gasteiger charge is 2.39. The number of hydrogen-bond acceptors (Lipinski definition) is 4. The number of para-hydroxylation sites is 1. The molecule has 2 atom stereocenters. The van der Waals surface area contributed by atoms with E-state index in [0.29, 0.717) is 5.92 Å². The number of rotatable bonds is 6. The van der Waals surface area contributed by atoms with Crippen LogP contribution in [0.5, 0.6) is 5.75 Å². The lowest BCUT2D eigenvalue weighted by Crippen LogP contribution is -2.39. The molecule has 19 heavy (non-hydrogen) atoms. The molecule has 0 saturated heterocycles. The lowest BCUT2D eigenvalue weighted by molar-refractivity contribution is 0.0179. The highest BCUT2D eigenvalue weighted by atomic mass is 16.5. The third kappa shape index (κ3) is 2.48. The predicted octanol–water partition coefficient (Wildman–Crippen LogP) is 1.94. The van der Waals surface area contributed by atoms with Crippen LogP contribution < -0.4 is 16.0 Å². The van der Waals surface area contributed by atoms with Crippen molar-refractivity contribution in [2.24, 2.45) is 11.8 Å². The first-order valence-electron chi connectivity index (χ1n) is 7.17. The van der Waals surface area contributed by atoms with E-state index in [1.54, 1.807) is 0 Å². The second kappa shape index (κ2) is 5.49. The van der Waals surface area contributed by atoms with Crippen LogP contribution in [0.2, 0.25) is 0 Å². The van der Waals surface area contributed by atoms with Crippen LogP contribution in [0.25, 0.3) is 0 Å². The zero-order valence-electron chi connectivity index (χ0n) is 11.4. The monoisotopic (exact) mass is 262 g/mol. The van der Waals surface area contributed by atoms with E-state index in [4.69, 9.17) is 15.3 Å². The van der Waals surface area contributed by atoms with Gasteiger partial charge in [-0.2, -0.15) is 0 Å². The van der Waals surface area contributed by atoms with Crippen LogP contribution >= 0.6 is 0 Å². The van der Waals surface area contributed by atoms with E-state index in [9.17, 15) is 0 Å². The van der Waals surface area contributed by atoms with Crippen LogP contribution in [-0.2, 0) is 11.2 Å². The average molecular weight is 262 g/mol. The highest BCUT2D eigenvalue weighted by molar-refractivity contribution is 5.46. The third-order valence-corrected chi connectivity index (χ3v) is 4.03. The van der Waals surface area contributed by atoms with Gasteiger partial charge < -0.3 is 9.47 Å². The van der Waals surface area contributed by atoms with Gasteiger partial charge in [-0.05, 0) is 31.2 Å². The molecule has 1 fully saturated rings. The number of fused-ring (bicyclic) bond motifs is 1. The van der Waals surface area contributed by atoms with Gasteiger partial charge in [-0.1, -0.05) is 18.2 Å². The largest absolute Gasteiger partial charge is 0.493 e. The first-order chi connectivity index (χ1) is 9.35. The summed E-state index contributed by atoms with van der Waals surface area (Å²) in [7, 11) is 0. The van der Waals surface area contributed by atoms with E-state index in [2.05, 4.69) is 23.6 Å². The Labute approximate surface area is 114 Å². The maximum atomic E-state index is 5.94. The van der Waals surface area contributed by atoms with Crippen LogP contribution in [0.4, 0.5) is 0 Å². The fourth-order valence-corrected chi connectivity index (χ4v) is 2.97. The Morgan fingerprint density at radius 3 is 3.00 bits per heavy atom. The lowest BCUT2D eigenvalue weighted by atomic mass is 9.95. The van der Waals surface area contributed by atoms with E-state index in [1.807, 2.05) is 6.92 Å². The summed E-state index contributed by atoms with van der Waals surface area (Å²) in [6, 6.07) is 6.33. The summed E-state index contributed by atoms with van der Waals surface area (Å²) in [4.78, 5) is 0. The van der Waals surface area contributed by atoms with Gasteiger partial charge in [0.15, 0.2) is 0 Å². The SMILES string of the molecule is CCOC(C1CC1)C(NN)c1cccc2c1OCC2. The Morgan fingerprint density at radius 1 is 1.47 bits per heavy atom. The number of nitrogens with two attached hydrogens (primary N) is 1. The van der Waals surface area contributed by atoms with E-state index in [1.165, 1.54) is 18.4 Å². The van der Waals surface area contributed by atoms with Crippen molar-refractivity contribution >= 4 is 0 Å². The van der Waals surface area contributed by atoms with Crippen LogP contribution in [0.3, 0.4) is 0 Å². The molecule has 1 aromatic carbocycles. The van der Waals surface area contributed by atoms with Crippen molar-refractivity contribution in [2.45, 2.75) is 38.3 Å². The first kappa shape index (κ1) is 12.9. The van der Waals surface area contributed by atoms with Gasteiger partial charge in [-0.25, -0.2) is 0 Å². The van der Waals surface area contributed by atoms with Gasteiger partial charge in [-0.15, -0.1) is 0 Å². The highest BCUT2D eigenvalue weighted by Crippen LogP contribution is 2.43. The van der Waals surface area contributed by atoms with Gasteiger partial charge in [-0.3, -0.25) is 11.3 Å². The smallest absolute Gasteiger partial charge is 0.127 e. The van der Waals surface area contributed by atoms with Gasteiger partial charge in [0.05, 0.1) is 18.8 Å². The molecular formula is C15H22N2O2. The van der Waals surface area contributed by atoms with Gasteiger partial charge in [0.25, 0.3) is 0 Å². The van der Waals surface area contributed by atoms with Crippen LogP contribution in [-0.4, -0.2) is 19.3 Å². The molecule has 0 amide bonds. The molecule has 104 valence electrons. The maximum Gasteiger partial charge on any atom is 0.127 e. The molecule has 1 aliphatic heterocycles.